The van der Waals surface area contributed by atoms with Gasteiger partial charge in [-0.2, -0.15) is 0 Å². The van der Waals surface area contributed by atoms with Crippen molar-refractivity contribution in [3.63, 3.8) is 0 Å². The van der Waals surface area contributed by atoms with Gasteiger partial charge >= 0.3 is 0 Å². The van der Waals surface area contributed by atoms with Gasteiger partial charge in [0.15, 0.2) is 5.78 Å². The van der Waals surface area contributed by atoms with Crippen molar-refractivity contribution in [1.82, 2.24) is 0 Å². The van der Waals surface area contributed by atoms with Gasteiger partial charge < -0.3 is 9.47 Å². The third kappa shape index (κ3) is 5.45. The second kappa shape index (κ2) is 8.03. The van der Waals surface area contributed by atoms with Crippen molar-refractivity contribution in [3.8, 4) is 0 Å². The van der Waals surface area contributed by atoms with Gasteiger partial charge in [-0.1, -0.05) is 13.8 Å². The first kappa shape index (κ1) is 14.9. The van der Waals surface area contributed by atoms with Crippen LogP contribution in [0.3, 0.4) is 0 Å². The van der Waals surface area contributed by atoms with E-state index in [4.69, 9.17) is 9.47 Å². The fraction of sp³-hybridized carbons (Fsp3) is 0.714. The molecule has 0 radical (unpaired) electrons. The predicted octanol–water partition coefficient (Wildman–Crippen LogP) is 2.41. The van der Waals surface area contributed by atoms with E-state index in [-0.39, 0.29) is 18.0 Å². The lowest BCUT2D eigenvalue weighted by Gasteiger charge is -2.19. The maximum atomic E-state index is 10.8. The first-order chi connectivity index (χ1) is 8.65. The molecule has 102 valence electrons. The zero-order chi connectivity index (χ0) is 13.4. The van der Waals surface area contributed by atoms with Crippen LogP contribution >= 0.6 is 0 Å². The lowest BCUT2D eigenvalue weighted by Crippen LogP contribution is -2.24. The molecule has 4 heteroatoms. The number of Topliss-reactive ketones (excluding diaryl/α,β-unsaturated/α-hetero) is 1. The molecule has 2 heterocycles. The second-order valence-electron chi connectivity index (χ2n) is 4.53. The molecule has 0 aromatic carbocycles. The van der Waals surface area contributed by atoms with Crippen LogP contribution in [0.5, 0.6) is 0 Å². The quantitative estimate of drug-likeness (QED) is 0.759. The number of ketones is 2. The van der Waals surface area contributed by atoms with Gasteiger partial charge in [0.25, 0.3) is 0 Å². The standard InChI is InChI=1S/C7H12O2.C7H10O2/c2*1-2-7-5-6(8)3-4-9-7/h7H,2-5H2,1H3;3-4,7H,2,5H2,1H3. The van der Waals surface area contributed by atoms with Crippen LogP contribution in [0.2, 0.25) is 0 Å². The summed E-state index contributed by atoms with van der Waals surface area (Å²) in [5.41, 5.74) is 0. The van der Waals surface area contributed by atoms with Crippen LogP contribution in [0.25, 0.3) is 0 Å². The molecule has 0 aromatic rings. The monoisotopic (exact) mass is 254 g/mol. The molecular weight excluding hydrogens is 232 g/mol. The van der Waals surface area contributed by atoms with Crippen molar-refractivity contribution in [3.05, 3.63) is 12.3 Å². The van der Waals surface area contributed by atoms with Crippen molar-refractivity contribution in [2.45, 2.75) is 58.2 Å². The van der Waals surface area contributed by atoms with E-state index in [9.17, 15) is 9.59 Å². The van der Waals surface area contributed by atoms with Crippen LogP contribution in [0.4, 0.5) is 0 Å². The molecule has 2 aliphatic heterocycles. The van der Waals surface area contributed by atoms with E-state index in [2.05, 4.69) is 0 Å². The van der Waals surface area contributed by atoms with Gasteiger partial charge in [-0.25, -0.2) is 0 Å². The fourth-order valence-electron chi connectivity index (χ4n) is 1.82. The van der Waals surface area contributed by atoms with Crippen LogP contribution in [0.15, 0.2) is 12.3 Å². The van der Waals surface area contributed by atoms with Crippen molar-refractivity contribution < 1.29 is 19.1 Å². The Balaban J connectivity index is 0.000000180. The Morgan fingerprint density at radius 1 is 1.17 bits per heavy atom. The summed E-state index contributed by atoms with van der Waals surface area (Å²) < 4.78 is 10.4. The topological polar surface area (TPSA) is 52.6 Å². The highest BCUT2D eigenvalue weighted by Crippen LogP contribution is 2.11. The maximum absolute atomic E-state index is 10.8. The van der Waals surface area contributed by atoms with Crippen LogP contribution in [-0.4, -0.2) is 30.4 Å². The summed E-state index contributed by atoms with van der Waals surface area (Å²) >= 11 is 0. The van der Waals surface area contributed by atoms with E-state index < -0.39 is 0 Å². The number of hydrogen-bond acceptors (Lipinski definition) is 4. The molecule has 2 aliphatic rings. The molecule has 2 rings (SSSR count). The highest BCUT2D eigenvalue weighted by Gasteiger charge is 2.17. The first-order valence-electron chi connectivity index (χ1n) is 6.63. The Bertz CT molecular complexity index is 309. The Kier molecular flexibility index (Phi) is 6.65. The second-order valence-corrected chi connectivity index (χ2v) is 4.53. The number of rotatable bonds is 2. The molecule has 0 N–H and O–H groups in total. The SMILES string of the molecule is CCC1CC(=O)C=CO1.CCC1CC(=O)CCO1. The fourth-order valence-corrected chi connectivity index (χ4v) is 1.82. The lowest BCUT2D eigenvalue weighted by atomic mass is 10.1. The van der Waals surface area contributed by atoms with Crippen molar-refractivity contribution in [2.24, 2.45) is 0 Å². The van der Waals surface area contributed by atoms with E-state index in [1.165, 1.54) is 12.3 Å². The van der Waals surface area contributed by atoms with Crippen molar-refractivity contribution in [1.29, 1.82) is 0 Å². The summed E-state index contributed by atoms with van der Waals surface area (Å²) in [6.07, 6.45) is 6.99. The minimum Gasteiger partial charge on any atom is -0.497 e. The normalized spacial score (nSPS) is 27.2. The van der Waals surface area contributed by atoms with Gasteiger partial charge in [0.05, 0.1) is 19.0 Å². The Morgan fingerprint density at radius 2 is 1.89 bits per heavy atom. The smallest absolute Gasteiger partial charge is 0.162 e. The van der Waals surface area contributed by atoms with Crippen molar-refractivity contribution in [2.75, 3.05) is 6.61 Å². The highest BCUT2D eigenvalue weighted by molar-refractivity contribution is 5.90. The lowest BCUT2D eigenvalue weighted by molar-refractivity contribution is -0.128. The third-order valence-corrected chi connectivity index (χ3v) is 3.05. The van der Waals surface area contributed by atoms with E-state index in [1.54, 1.807) is 0 Å². The van der Waals surface area contributed by atoms with Crippen LogP contribution in [0, 0.1) is 0 Å². The molecule has 18 heavy (non-hydrogen) atoms. The molecule has 2 atom stereocenters. The largest absolute Gasteiger partial charge is 0.497 e. The highest BCUT2D eigenvalue weighted by atomic mass is 16.5. The van der Waals surface area contributed by atoms with E-state index in [0.29, 0.717) is 31.7 Å². The Hall–Kier alpha value is -1.16. The average Bonchev–Trinajstić information content (AvgIpc) is 2.39. The number of allylic oxidation sites excluding steroid dienone is 1. The summed E-state index contributed by atoms with van der Waals surface area (Å²) in [5.74, 6) is 0.529. The summed E-state index contributed by atoms with van der Waals surface area (Å²) in [5, 5.41) is 0. The zero-order valence-electron chi connectivity index (χ0n) is 11.2. The number of hydrogen-bond donors (Lipinski definition) is 0. The van der Waals surface area contributed by atoms with Gasteiger partial charge in [0.2, 0.25) is 0 Å². The molecule has 2 unspecified atom stereocenters. The summed E-state index contributed by atoms with van der Waals surface area (Å²) in [4.78, 5) is 21.4. The molecule has 0 spiro atoms. The zero-order valence-corrected chi connectivity index (χ0v) is 11.2. The van der Waals surface area contributed by atoms with E-state index in [0.717, 1.165) is 12.8 Å². The summed E-state index contributed by atoms with van der Waals surface area (Å²) in [6, 6.07) is 0. The van der Waals surface area contributed by atoms with Crippen molar-refractivity contribution >= 4 is 11.6 Å². The van der Waals surface area contributed by atoms with Crippen LogP contribution < -0.4 is 0 Å². The molecule has 0 saturated carbocycles. The maximum Gasteiger partial charge on any atom is 0.162 e. The molecule has 4 nitrogen and oxygen atoms in total. The minimum absolute atomic E-state index is 0.127. The van der Waals surface area contributed by atoms with Gasteiger partial charge in [-0.3, -0.25) is 9.59 Å². The van der Waals surface area contributed by atoms with Gasteiger partial charge in [0.1, 0.15) is 11.9 Å². The van der Waals surface area contributed by atoms with Crippen LogP contribution in [-0.2, 0) is 19.1 Å². The molecule has 0 aliphatic carbocycles. The predicted molar refractivity (Wildman–Crippen MR) is 68.2 cm³/mol. The van der Waals surface area contributed by atoms with Gasteiger partial charge in [0, 0.05) is 25.3 Å². The molecular formula is C14H22O4. The number of carbonyl (C=O) groups excluding carboxylic acids is 2. The molecule has 1 saturated heterocycles. The molecule has 0 aromatic heterocycles. The van der Waals surface area contributed by atoms with E-state index >= 15 is 0 Å². The Labute approximate surface area is 108 Å². The first-order valence-corrected chi connectivity index (χ1v) is 6.63. The minimum atomic E-state index is 0.127. The Morgan fingerprint density at radius 3 is 2.33 bits per heavy atom. The molecule has 1 fully saturated rings. The number of carbonyl (C=O) groups is 2. The van der Waals surface area contributed by atoms with E-state index in [1.807, 2.05) is 13.8 Å². The average molecular weight is 254 g/mol. The number of ether oxygens (including phenoxy) is 2. The van der Waals surface area contributed by atoms with Gasteiger partial charge in [-0.05, 0) is 12.8 Å². The van der Waals surface area contributed by atoms with Gasteiger partial charge in [-0.15, -0.1) is 0 Å². The molecule has 0 bridgehead atoms. The third-order valence-electron chi connectivity index (χ3n) is 3.05. The summed E-state index contributed by atoms with van der Waals surface area (Å²) in [6.45, 7) is 4.69. The molecule has 0 amide bonds. The summed E-state index contributed by atoms with van der Waals surface area (Å²) in [7, 11) is 0. The van der Waals surface area contributed by atoms with Crippen LogP contribution in [0.1, 0.15) is 46.0 Å².